The Bertz CT molecular complexity index is 525. The molecule has 2 N–H and O–H groups in total. The predicted molar refractivity (Wildman–Crippen MR) is 53.6 cm³/mol. The molecule has 0 bridgehead atoms. The van der Waals surface area contributed by atoms with Crippen LogP contribution >= 0.6 is 0 Å². The van der Waals surface area contributed by atoms with E-state index in [1.165, 1.54) is 6.20 Å². The van der Waals surface area contributed by atoms with Crippen molar-refractivity contribution in [3.05, 3.63) is 24.4 Å². The average Bonchev–Trinajstić information content (AvgIpc) is 2.69. The van der Waals surface area contributed by atoms with Crippen LogP contribution in [0.3, 0.4) is 0 Å². The van der Waals surface area contributed by atoms with E-state index in [1.807, 2.05) is 0 Å². The lowest BCUT2D eigenvalue weighted by Gasteiger charge is -1.95. The molecule has 0 radical (unpaired) electrons. The number of nitrogens with zero attached hydrogens (tertiary/aromatic N) is 4. The van der Waals surface area contributed by atoms with Gasteiger partial charge >= 0.3 is 12.0 Å². The van der Waals surface area contributed by atoms with Gasteiger partial charge in [0.05, 0.1) is 0 Å². The van der Waals surface area contributed by atoms with E-state index in [2.05, 4.69) is 15.1 Å². The largest absolute Gasteiger partial charge is 0.479 e. The molecule has 2 aromatic rings. The first-order chi connectivity index (χ1) is 8.16. The molecule has 88 valence electrons. The molecule has 0 spiro atoms. The van der Waals surface area contributed by atoms with Gasteiger partial charge in [-0.1, -0.05) is 16.0 Å². The predicted octanol–water partition coefficient (Wildman–Crippen LogP) is 0.0408. The van der Waals surface area contributed by atoms with Crippen molar-refractivity contribution in [2.24, 2.45) is 0 Å². The molecule has 0 aromatic carbocycles. The number of rotatable bonds is 4. The van der Waals surface area contributed by atoms with Crippen LogP contribution in [0.25, 0.3) is 11.5 Å². The van der Waals surface area contributed by atoms with Crippen LogP contribution in [-0.4, -0.2) is 42.8 Å². The molecule has 0 aliphatic rings. The second-order valence-corrected chi connectivity index (χ2v) is 3.00. The van der Waals surface area contributed by atoms with Crippen molar-refractivity contribution in [2.75, 3.05) is 6.61 Å². The molecule has 2 rings (SSSR count). The summed E-state index contributed by atoms with van der Waals surface area (Å²) in [5, 5.41) is 21.3. The maximum Gasteiger partial charge on any atom is 0.341 e. The van der Waals surface area contributed by atoms with Crippen LogP contribution in [0.2, 0.25) is 0 Å². The van der Waals surface area contributed by atoms with Gasteiger partial charge in [0.2, 0.25) is 5.82 Å². The third kappa shape index (κ3) is 2.48. The van der Waals surface area contributed by atoms with Crippen LogP contribution in [0.15, 0.2) is 24.4 Å². The molecule has 0 atom stereocenters. The first kappa shape index (κ1) is 10.9. The summed E-state index contributed by atoms with van der Waals surface area (Å²) >= 11 is 0. The number of aromatic nitrogens is 4. The molecule has 0 aliphatic heterocycles. The van der Waals surface area contributed by atoms with Gasteiger partial charge in [0.1, 0.15) is 5.69 Å². The molecular formula is C9H8N4O4. The highest BCUT2D eigenvalue weighted by Gasteiger charge is 2.13. The van der Waals surface area contributed by atoms with E-state index in [-0.39, 0.29) is 11.8 Å². The highest BCUT2D eigenvalue weighted by atomic mass is 16.5. The molecule has 0 amide bonds. The minimum atomic E-state index is -1.15. The molecule has 0 saturated carbocycles. The van der Waals surface area contributed by atoms with Gasteiger partial charge in [-0.2, -0.15) is 4.98 Å². The van der Waals surface area contributed by atoms with Crippen molar-refractivity contribution < 1.29 is 19.8 Å². The maximum atomic E-state index is 10.3. The SMILES string of the molecule is O=C(O)COc1nc(-c2ccccn2)n(O)n1. The van der Waals surface area contributed by atoms with E-state index in [0.29, 0.717) is 10.5 Å². The van der Waals surface area contributed by atoms with Crippen molar-refractivity contribution in [1.29, 1.82) is 0 Å². The summed E-state index contributed by atoms with van der Waals surface area (Å²) in [5.41, 5.74) is 0.396. The summed E-state index contributed by atoms with van der Waals surface area (Å²) in [6.07, 6.45) is 1.53. The number of carboxylic acid groups (broad SMARTS) is 1. The van der Waals surface area contributed by atoms with Gasteiger partial charge in [-0.25, -0.2) is 4.79 Å². The fourth-order valence-electron chi connectivity index (χ4n) is 1.13. The summed E-state index contributed by atoms with van der Waals surface area (Å²) < 4.78 is 4.72. The highest BCUT2D eigenvalue weighted by molar-refractivity contribution is 5.68. The minimum Gasteiger partial charge on any atom is -0.479 e. The number of hydrogen-bond donors (Lipinski definition) is 2. The van der Waals surface area contributed by atoms with Crippen LogP contribution in [0.5, 0.6) is 6.01 Å². The van der Waals surface area contributed by atoms with Crippen molar-refractivity contribution in [3.63, 3.8) is 0 Å². The molecule has 8 nitrogen and oxygen atoms in total. The molecular weight excluding hydrogens is 228 g/mol. The summed E-state index contributed by atoms with van der Waals surface area (Å²) in [5.74, 6) is -1.08. The lowest BCUT2D eigenvalue weighted by molar-refractivity contribution is -0.139. The van der Waals surface area contributed by atoms with E-state index < -0.39 is 12.6 Å². The zero-order valence-electron chi connectivity index (χ0n) is 8.52. The van der Waals surface area contributed by atoms with E-state index in [9.17, 15) is 10.0 Å². The van der Waals surface area contributed by atoms with Gasteiger partial charge in [-0.3, -0.25) is 4.98 Å². The van der Waals surface area contributed by atoms with Gasteiger partial charge in [-0.05, 0) is 12.1 Å². The van der Waals surface area contributed by atoms with Crippen molar-refractivity contribution in [1.82, 2.24) is 19.9 Å². The van der Waals surface area contributed by atoms with Crippen LogP contribution in [0.1, 0.15) is 0 Å². The summed E-state index contributed by atoms with van der Waals surface area (Å²) in [6, 6.07) is 4.83. The van der Waals surface area contributed by atoms with E-state index in [0.717, 1.165) is 0 Å². The third-order valence-corrected chi connectivity index (χ3v) is 1.79. The quantitative estimate of drug-likeness (QED) is 0.721. The Kier molecular flexibility index (Phi) is 2.86. The molecule has 0 unspecified atom stereocenters. The van der Waals surface area contributed by atoms with E-state index in [1.54, 1.807) is 18.2 Å². The van der Waals surface area contributed by atoms with Crippen LogP contribution < -0.4 is 4.74 Å². The summed E-state index contributed by atoms with van der Waals surface area (Å²) in [4.78, 5) is 18.5. The summed E-state index contributed by atoms with van der Waals surface area (Å²) in [6.45, 7) is -0.578. The number of carboxylic acids is 1. The smallest absolute Gasteiger partial charge is 0.341 e. The second kappa shape index (κ2) is 4.47. The molecule has 2 heterocycles. The number of pyridine rings is 1. The number of aliphatic carboxylic acids is 1. The summed E-state index contributed by atoms with van der Waals surface area (Å²) in [7, 11) is 0. The Hall–Kier alpha value is -2.64. The maximum absolute atomic E-state index is 10.3. The van der Waals surface area contributed by atoms with Crippen molar-refractivity contribution in [3.8, 4) is 17.5 Å². The Balaban J connectivity index is 2.22. The Morgan fingerprint density at radius 3 is 2.94 bits per heavy atom. The van der Waals surface area contributed by atoms with Gasteiger partial charge in [0, 0.05) is 6.20 Å². The topological polar surface area (TPSA) is 110 Å². The molecule has 0 fully saturated rings. The first-order valence-electron chi connectivity index (χ1n) is 4.59. The normalized spacial score (nSPS) is 10.1. The van der Waals surface area contributed by atoms with Crippen LogP contribution in [-0.2, 0) is 4.79 Å². The van der Waals surface area contributed by atoms with Crippen molar-refractivity contribution >= 4 is 5.97 Å². The molecule has 0 saturated heterocycles. The second-order valence-electron chi connectivity index (χ2n) is 3.00. The lowest BCUT2D eigenvalue weighted by Crippen LogP contribution is -2.10. The number of ether oxygens (including phenoxy) is 1. The van der Waals surface area contributed by atoms with E-state index in [4.69, 9.17) is 9.84 Å². The Morgan fingerprint density at radius 2 is 2.29 bits per heavy atom. The van der Waals surface area contributed by atoms with Gasteiger partial charge < -0.3 is 15.1 Å². The fourth-order valence-corrected chi connectivity index (χ4v) is 1.13. The Morgan fingerprint density at radius 1 is 1.47 bits per heavy atom. The Labute approximate surface area is 95.1 Å². The zero-order chi connectivity index (χ0) is 12.3. The first-order valence-corrected chi connectivity index (χ1v) is 4.59. The molecule has 8 heteroatoms. The van der Waals surface area contributed by atoms with Gasteiger partial charge in [-0.15, -0.1) is 0 Å². The van der Waals surface area contributed by atoms with Crippen LogP contribution in [0.4, 0.5) is 0 Å². The zero-order valence-corrected chi connectivity index (χ0v) is 8.52. The van der Waals surface area contributed by atoms with Crippen LogP contribution in [0, 0.1) is 0 Å². The number of hydrogen-bond acceptors (Lipinski definition) is 6. The molecule has 17 heavy (non-hydrogen) atoms. The molecule has 0 aliphatic carbocycles. The highest BCUT2D eigenvalue weighted by Crippen LogP contribution is 2.15. The standard InChI is InChI=1S/C9H8N4O4/c14-7(15)5-17-9-11-8(13(16)12-9)6-3-1-2-4-10-6/h1-4,16H,5H2,(H,14,15). The average molecular weight is 236 g/mol. The van der Waals surface area contributed by atoms with Gasteiger partial charge in [0.25, 0.3) is 0 Å². The third-order valence-electron chi connectivity index (χ3n) is 1.79. The number of carbonyl (C=O) groups is 1. The minimum absolute atomic E-state index is 0.0750. The lowest BCUT2D eigenvalue weighted by atomic mass is 10.3. The van der Waals surface area contributed by atoms with Gasteiger partial charge in [0.15, 0.2) is 6.61 Å². The monoisotopic (exact) mass is 236 g/mol. The molecule has 2 aromatic heterocycles. The van der Waals surface area contributed by atoms with Crippen molar-refractivity contribution in [2.45, 2.75) is 0 Å². The fraction of sp³-hybridized carbons (Fsp3) is 0.111. The van der Waals surface area contributed by atoms with E-state index >= 15 is 0 Å².